The first-order valence-corrected chi connectivity index (χ1v) is 10.3. The van der Waals surface area contributed by atoms with Crippen LogP contribution in [0.2, 0.25) is 0 Å². The summed E-state index contributed by atoms with van der Waals surface area (Å²) in [6, 6.07) is 12.6. The number of nitrogens with zero attached hydrogens (tertiary/aromatic N) is 3. The highest BCUT2D eigenvalue weighted by Gasteiger charge is 2.54. The number of fused-ring (bicyclic) bond motifs is 1. The van der Waals surface area contributed by atoms with Crippen LogP contribution in [0.25, 0.3) is 0 Å². The molecule has 0 amide bonds. The van der Waals surface area contributed by atoms with E-state index in [0.29, 0.717) is 24.5 Å². The van der Waals surface area contributed by atoms with Crippen molar-refractivity contribution >= 4 is 11.6 Å². The van der Waals surface area contributed by atoms with Gasteiger partial charge in [0, 0.05) is 17.7 Å². The number of nitro groups is 1. The Hall–Kier alpha value is -3.72. The molecule has 33 heavy (non-hydrogen) atoms. The summed E-state index contributed by atoms with van der Waals surface area (Å²) in [6.07, 6.45) is -0.295. The Labute approximate surface area is 189 Å². The number of nitro benzene ring substituents is 1. The van der Waals surface area contributed by atoms with Crippen LogP contribution in [0.5, 0.6) is 5.75 Å². The minimum Gasteiger partial charge on any atom is -0.479 e. The monoisotopic (exact) mass is 453 g/mol. The van der Waals surface area contributed by atoms with E-state index in [9.17, 15) is 20.5 Å². The topological polar surface area (TPSA) is 151 Å². The molecule has 11 heteroatoms. The third-order valence-corrected chi connectivity index (χ3v) is 5.59. The molecule has 0 saturated carbocycles. The van der Waals surface area contributed by atoms with Crippen molar-refractivity contribution in [3.05, 3.63) is 69.8 Å². The molecule has 2 aromatic rings. The van der Waals surface area contributed by atoms with Crippen molar-refractivity contribution in [2.24, 2.45) is 4.99 Å². The van der Waals surface area contributed by atoms with Gasteiger partial charge < -0.3 is 24.6 Å². The number of rotatable bonds is 5. The summed E-state index contributed by atoms with van der Waals surface area (Å²) in [7, 11) is 0. The first kappa shape index (κ1) is 22.5. The van der Waals surface area contributed by atoms with Gasteiger partial charge in [-0.25, -0.2) is 4.99 Å². The molecule has 3 atom stereocenters. The van der Waals surface area contributed by atoms with Gasteiger partial charge in [-0.05, 0) is 18.6 Å². The molecule has 0 aromatic heterocycles. The number of aliphatic hydroxyl groups excluding tert-OH is 1. The summed E-state index contributed by atoms with van der Waals surface area (Å²) in [6.45, 7) is 2.61. The molecule has 0 bridgehead atoms. The largest absolute Gasteiger partial charge is 0.479 e. The molecular weight excluding hydrogens is 430 g/mol. The second-order valence-corrected chi connectivity index (χ2v) is 7.79. The molecule has 0 spiro atoms. The summed E-state index contributed by atoms with van der Waals surface area (Å²) < 4.78 is 17.3. The third kappa shape index (κ3) is 4.58. The molecule has 3 unspecified atom stereocenters. The number of benzene rings is 2. The summed E-state index contributed by atoms with van der Waals surface area (Å²) >= 11 is 0. The molecule has 2 aliphatic heterocycles. The Morgan fingerprint density at radius 1 is 1.30 bits per heavy atom. The fourth-order valence-corrected chi connectivity index (χ4v) is 3.89. The standard InChI is InChI=1S/C22H23N5O6/c1-22(20-31-9-10-32-20)19(28)18(16-11-15(27(29)30)7-8-17(16)33-22)26-21(25-13-23)24-12-14-5-3-2-4-6-14/h2-8,11,18-20,28H,9-10,12H2,1H3,(H2,24,25,26). The first-order chi connectivity index (χ1) is 15.9. The lowest BCUT2D eigenvalue weighted by Gasteiger charge is -2.46. The van der Waals surface area contributed by atoms with Crippen LogP contribution in [-0.4, -0.2) is 47.2 Å². The summed E-state index contributed by atoms with van der Waals surface area (Å²) in [5.41, 5.74) is -0.226. The Bertz CT molecular complexity index is 1080. The SMILES string of the molecule is CC1(C2OCCO2)Oc2ccc([N+](=O)[O-])cc2C(NC(=NCc2ccccc2)NC#N)C1O. The molecule has 1 fully saturated rings. The van der Waals surface area contributed by atoms with Crippen molar-refractivity contribution in [2.75, 3.05) is 13.2 Å². The first-order valence-electron chi connectivity index (χ1n) is 10.3. The van der Waals surface area contributed by atoms with E-state index in [0.717, 1.165) is 5.56 Å². The van der Waals surface area contributed by atoms with E-state index >= 15 is 0 Å². The molecule has 0 radical (unpaired) electrons. The van der Waals surface area contributed by atoms with Crippen molar-refractivity contribution in [3.63, 3.8) is 0 Å². The maximum absolute atomic E-state index is 11.4. The molecule has 4 rings (SSSR count). The van der Waals surface area contributed by atoms with Crippen LogP contribution in [0.3, 0.4) is 0 Å². The Morgan fingerprint density at radius 2 is 2.03 bits per heavy atom. The van der Waals surface area contributed by atoms with Crippen molar-refractivity contribution in [1.29, 1.82) is 5.26 Å². The van der Waals surface area contributed by atoms with Crippen LogP contribution in [-0.2, 0) is 16.0 Å². The molecule has 2 heterocycles. The van der Waals surface area contributed by atoms with Gasteiger partial charge in [0.15, 0.2) is 18.1 Å². The van der Waals surface area contributed by atoms with E-state index in [1.807, 2.05) is 36.5 Å². The predicted octanol–water partition coefficient (Wildman–Crippen LogP) is 1.74. The number of non-ortho nitro benzene ring substituents is 1. The fraction of sp³-hybridized carbons (Fsp3) is 0.364. The average molecular weight is 453 g/mol. The highest BCUT2D eigenvalue weighted by Crippen LogP contribution is 2.44. The van der Waals surface area contributed by atoms with E-state index in [1.54, 1.807) is 6.92 Å². The minimum absolute atomic E-state index is 0.0976. The normalized spacial score (nSPS) is 24.9. The van der Waals surface area contributed by atoms with Crippen LogP contribution in [0.1, 0.15) is 24.1 Å². The van der Waals surface area contributed by atoms with Crippen LogP contribution in [0.15, 0.2) is 53.5 Å². The van der Waals surface area contributed by atoms with E-state index in [2.05, 4.69) is 15.6 Å². The van der Waals surface area contributed by atoms with E-state index in [4.69, 9.17) is 14.2 Å². The molecule has 0 aliphatic carbocycles. The number of nitriles is 1. The van der Waals surface area contributed by atoms with E-state index in [1.165, 1.54) is 18.2 Å². The summed E-state index contributed by atoms with van der Waals surface area (Å²) in [5.74, 6) is 0.421. The summed E-state index contributed by atoms with van der Waals surface area (Å²) in [4.78, 5) is 15.2. The van der Waals surface area contributed by atoms with E-state index in [-0.39, 0.29) is 18.2 Å². The highest BCUT2D eigenvalue weighted by molar-refractivity contribution is 5.82. The van der Waals surface area contributed by atoms with Gasteiger partial charge in [-0.15, -0.1) is 0 Å². The van der Waals surface area contributed by atoms with Gasteiger partial charge in [-0.3, -0.25) is 15.4 Å². The predicted molar refractivity (Wildman–Crippen MR) is 116 cm³/mol. The smallest absolute Gasteiger partial charge is 0.270 e. The zero-order chi connectivity index (χ0) is 23.4. The minimum atomic E-state index is -1.32. The number of nitrogens with one attached hydrogen (secondary N) is 2. The van der Waals surface area contributed by atoms with Crippen molar-refractivity contribution in [3.8, 4) is 11.9 Å². The molecule has 172 valence electrons. The van der Waals surface area contributed by atoms with Gasteiger partial charge in [0.2, 0.25) is 5.96 Å². The lowest BCUT2D eigenvalue weighted by Crippen LogP contribution is -2.62. The average Bonchev–Trinajstić information content (AvgIpc) is 3.36. The van der Waals surface area contributed by atoms with Gasteiger partial charge in [0.1, 0.15) is 11.9 Å². The van der Waals surface area contributed by atoms with Gasteiger partial charge in [-0.1, -0.05) is 30.3 Å². The van der Waals surface area contributed by atoms with Crippen LogP contribution in [0, 0.1) is 21.6 Å². The number of ether oxygens (including phenoxy) is 3. The molecule has 3 N–H and O–H groups in total. The highest BCUT2D eigenvalue weighted by atomic mass is 16.7. The zero-order valence-corrected chi connectivity index (χ0v) is 17.8. The van der Waals surface area contributed by atoms with Crippen LogP contribution < -0.4 is 15.4 Å². The zero-order valence-electron chi connectivity index (χ0n) is 17.8. The van der Waals surface area contributed by atoms with Crippen LogP contribution >= 0.6 is 0 Å². The molecular formula is C22H23N5O6. The van der Waals surface area contributed by atoms with Gasteiger partial charge in [-0.2, -0.15) is 5.26 Å². The fourth-order valence-electron chi connectivity index (χ4n) is 3.89. The Balaban J connectivity index is 1.70. The molecule has 2 aromatic carbocycles. The second kappa shape index (κ2) is 9.41. The Morgan fingerprint density at radius 3 is 2.70 bits per heavy atom. The second-order valence-electron chi connectivity index (χ2n) is 7.79. The lowest BCUT2D eigenvalue weighted by molar-refractivity contribution is -0.385. The summed E-state index contributed by atoms with van der Waals surface area (Å²) in [5, 5.41) is 37.4. The van der Waals surface area contributed by atoms with Crippen molar-refractivity contribution in [1.82, 2.24) is 10.6 Å². The maximum atomic E-state index is 11.4. The number of aliphatic imine (C=N–C) groups is 1. The Kier molecular flexibility index (Phi) is 6.41. The molecule has 2 aliphatic rings. The number of guanidine groups is 1. The van der Waals surface area contributed by atoms with E-state index < -0.39 is 29.0 Å². The molecule has 1 saturated heterocycles. The number of hydrogen-bond acceptors (Lipinski definition) is 8. The van der Waals surface area contributed by atoms with Crippen molar-refractivity contribution < 1.29 is 24.2 Å². The maximum Gasteiger partial charge on any atom is 0.270 e. The lowest BCUT2D eigenvalue weighted by atomic mass is 9.84. The quantitative estimate of drug-likeness (QED) is 0.153. The van der Waals surface area contributed by atoms with Crippen molar-refractivity contribution in [2.45, 2.75) is 37.5 Å². The van der Waals surface area contributed by atoms with Gasteiger partial charge in [0.25, 0.3) is 5.69 Å². The van der Waals surface area contributed by atoms with Gasteiger partial charge in [0.05, 0.1) is 30.7 Å². The molecule has 11 nitrogen and oxygen atoms in total. The number of hydrogen-bond donors (Lipinski definition) is 3. The third-order valence-electron chi connectivity index (χ3n) is 5.59. The van der Waals surface area contributed by atoms with Gasteiger partial charge >= 0.3 is 0 Å². The number of aliphatic hydroxyl groups is 1. The van der Waals surface area contributed by atoms with Crippen LogP contribution in [0.4, 0.5) is 5.69 Å².